The number of nitrogens with one attached hydrogen (secondary N) is 1. The van der Waals surface area contributed by atoms with Gasteiger partial charge in [-0.3, -0.25) is 4.79 Å². The van der Waals surface area contributed by atoms with Crippen molar-refractivity contribution in [3.63, 3.8) is 0 Å². The Hall–Kier alpha value is -3.47. The molecular weight excluding hydrogens is 424 g/mol. The molecule has 0 unspecified atom stereocenters. The number of phenolic OH excluding ortho intramolecular Hbond substituents is 1. The molecule has 1 amide bonds. The van der Waals surface area contributed by atoms with Gasteiger partial charge in [0.25, 0.3) is 5.91 Å². The van der Waals surface area contributed by atoms with Crippen molar-refractivity contribution in [3.8, 4) is 11.5 Å². The quantitative estimate of drug-likeness (QED) is 0.300. The van der Waals surface area contributed by atoms with E-state index >= 15 is 0 Å². The van der Waals surface area contributed by atoms with E-state index in [2.05, 4.69) is 51.2 Å². The van der Waals surface area contributed by atoms with Crippen molar-refractivity contribution in [2.75, 3.05) is 23.9 Å². The van der Waals surface area contributed by atoms with Gasteiger partial charge < -0.3 is 20.1 Å². The molecule has 3 rings (SSSR count). The highest BCUT2D eigenvalue weighted by atomic mass is 16.5. The number of para-hydroxylation sites is 1. The van der Waals surface area contributed by atoms with E-state index < -0.39 is 0 Å². The fourth-order valence-corrected chi connectivity index (χ4v) is 4.01. The second-order valence-electron chi connectivity index (χ2n) is 9.08. The molecule has 1 aliphatic rings. The molecule has 2 aromatic rings. The SMILES string of the molecule is COc1cccc2c1Nc1ccc(O)cc1N(C/C=C(\C)CC/C=C(\C)CCC=C(C)C)C2=O. The number of fused-ring (bicyclic) bond motifs is 2. The van der Waals surface area contributed by atoms with Crippen LogP contribution in [0.1, 0.15) is 63.7 Å². The van der Waals surface area contributed by atoms with Crippen LogP contribution in [0.5, 0.6) is 11.5 Å². The fraction of sp³-hybridized carbons (Fsp3) is 0.345. The van der Waals surface area contributed by atoms with Crippen LogP contribution >= 0.6 is 0 Å². The second kappa shape index (κ2) is 11.6. The van der Waals surface area contributed by atoms with Crippen molar-refractivity contribution < 1.29 is 14.6 Å². The Labute approximate surface area is 203 Å². The smallest absolute Gasteiger partial charge is 0.260 e. The van der Waals surface area contributed by atoms with E-state index in [1.165, 1.54) is 16.7 Å². The summed E-state index contributed by atoms with van der Waals surface area (Å²) in [6.07, 6.45) is 10.8. The van der Waals surface area contributed by atoms with Crippen LogP contribution in [0.25, 0.3) is 0 Å². The van der Waals surface area contributed by atoms with E-state index in [1.807, 2.05) is 12.1 Å². The van der Waals surface area contributed by atoms with Gasteiger partial charge in [0.2, 0.25) is 0 Å². The summed E-state index contributed by atoms with van der Waals surface area (Å²) in [5.74, 6) is 0.584. The summed E-state index contributed by atoms with van der Waals surface area (Å²) >= 11 is 0. The van der Waals surface area contributed by atoms with Crippen molar-refractivity contribution in [3.05, 3.63) is 76.9 Å². The van der Waals surface area contributed by atoms with Gasteiger partial charge in [-0.05, 0) is 77.6 Å². The lowest BCUT2D eigenvalue weighted by Crippen LogP contribution is -2.30. The Morgan fingerprint density at radius 2 is 1.71 bits per heavy atom. The zero-order valence-corrected chi connectivity index (χ0v) is 20.9. The molecule has 0 saturated carbocycles. The zero-order valence-electron chi connectivity index (χ0n) is 20.9. The van der Waals surface area contributed by atoms with Crippen LogP contribution in [0, 0.1) is 0 Å². The maximum Gasteiger partial charge on any atom is 0.260 e. The van der Waals surface area contributed by atoms with Crippen molar-refractivity contribution in [1.29, 1.82) is 0 Å². The molecule has 0 fully saturated rings. The number of nitrogens with zero attached hydrogens (tertiary/aromatic N) is 1. The summed E-state index contributed by atoms with van der Waals surface area (Å²) in [6, 6.07) is 10.5. The third-order valence-electron chi connectivity index (χ3n) is 6.00. The van der Waals surface area contributed by atoms with Crippen LogP contribution in [-0.2, 0) is 0 Å². The van der Waals surface area contributed by atoms with Crippen molar-refractivity contribution in [2.24, 2.45) is 0 Å². The standard InChI is InChI=1S/C29H36N2O3/c1-20(2)9-6-10-21(3)11-7-12-22(4)17-18-31-26-19-23(32)15-16-25(26)30-28-24(29(31)33)13-8-14-27(28)34-5/h8-9,11,13-17,19,30,32H,6-7,10,12,18H2,1-5H3/b21-11+,22-17+. The van der Waals surface area contributed by atoms with Crippen LogP contribution in [0.4, 0.5) is 17.1 Å². The first-order chi connectivity index (χ1) is 16.3. The molecule has 2 N–H and O–H groups in total. The first-order valence-corrected chi connectivity index (χ1v) is 11.8. The van der Waals surface area contributed by atoms with Gasteiger partial charge in [-0.2, -0.15) is 0 Å². The summed E-state index contributed by atoms with van der Waals surface area (Å²) in [5, 5.41) is 13.5. The minimum Gasteiger partial charge on any atom is -0.508 e. The number of allylic oxidation sites excluding steroid dienone is 5. The van der Waals surface area contributed by atoms with Gasteiger partial charge in [0.15, 0.2) is 0 Å². The number of hydrogen-bond acceptors (Lipinski definition) is 4. The minimum atomic E-state index is -0.134. The number of ether oxygens (including phenoxy) is 1. The van der Waals surface area contributed by atoms with Crippen LogP contribution < -0.4 is 15.0 Å². The lowest BCUT2D eigenvalue weighted by atomic mass is 10.1. The van der Waals surface area contributed by atoms with Crippen molar-refractivity contribution in [2.45, 2.75) is 53.4 Å². The average molecular weight is 461 g/mol. The molecule has 0 saturated heterocycles. The van der Waals surface area contributed by atoms with Crippen molar-refractivity contribution >= 4 is 23.0 Å². The maximum atomic E-state index is 13.5. The van der Waals surface area contributed by atoms with E-state index in [1.54, 1.807) is 36.3 Å². The maximum absolute atomic E-state index is 13.5. The molecule has 0 radical (unpaired) electrons. The molecule has 5 nitrogen and oxygen atoms in total. The lowest BCUT2D eigenvalue weighted by molar-refractivity contribution is 0.0991. The Morgan fingerprint density at radius 1 is 1.00 bits per heavy atom. The van der Waals surface area contributed by atoms with E-state index in [4.69, 9.17) is 4.74 Å². The molecule has 180 valence electrons. The molecule has 1 aliphatic heterocycles. The summed E-state index contributed by atoms with van der Waals surface area (Å²) in [6.45, 7) is 8.98. The predicted molar refractivity (Wildman–Crippen MR) is 141 cm³/mol. The summed E-state index contributed by atoms with van der Waals surface area (Å²) in [5.41, 5.74) is 6.56. The number of phenols is 1. The molecule has 0 atom stereocenters. The molecular formula is C29H36N2O3. The highest BCUT2D eigenvalue weighted by Gasteiger charge is 2.28. The van der Waals surface area contributed by atoms with Gasteiger partial charge in [0.05, 0.1) is 29.7 Å². The number of carbonyl (C=O) groups is 1. The number of carbonyl (C=O) groups excluding carboxylic acids is 1. The average Bonchev–Trinajstić information content (AvgIpc) is 2.91. The van der Waals surface area contributed by atoms with Crippen LogP contribution in [0.3, 0.4) is 0 Å². The topological polar surface area (TPSA) is 61.8 Å². The summed E-state index contributed by atoms with van der Waals surface area (Å²) in [4.78, 5) is 15.3. The largest absolute Gasteiger partial charge is 0.508 e. The molecule has 0 aromatic heterocycles. The van der Waals surface area contributed by atoms with Crippen LogP contribution in [0.15, 0.2) is 71.3 Å². The normalized spacial score (nSPS) is 13.6. The van der Waals surface area contributed by atoms with Crippen LogP contribution in [-0.4, -0.2) is 24.7 Å². The Kier molecular flexibility index (Phi) is 8.58. The monoisotopic (exact) mass is 460 g/mol. The lowest BCUT2D eigenvalue weighted by Gasteiger charge is -2.22. The van der Waals surface area contributed by atoms with E-state index in [0.29, 0.717) is 29.2 Å². The van der Waals surface area contributed by atoms with Gasteiger partial charge in [0, 0.05) is 12.6 Å². The zero-order chi connectivity index (χ0) is 24.7. The third kappa shape index (κ3) is 6.31. The predicted octanol–water partition coefficient (Wildman–Crippen LogP) is 7.52. The second-order valence-corrected chi connectivity index (χ2v) is 9.08. The van der Waals surface area contributed by atoms with Crippen LogP contribution in [0.2, 0.25) is 0 Å². The van der Waals surface area contributed by atoms with Gasteiger partial charge >= 0.3 is 0 Å². The van der Waals surface area contributed by atoms with Gasteiger partial charge in [-0.15, -0.1) is 0 Å². The number of amides is 1. The summed E-state index contributed by atoms with van der Waals surface area (Å²) < 4.78 is 5.49. The van der Waals surface area contributed by atoms with E-state index in [0.717, 1.165) is 31.4 Å². The number of hydrogen-bond donors (Lipinski definition) is 2. The highest BCUT2D eigenvalue weighted by Crippen LogP contribution is 2.41. The number of rotatable bonds is 9. The summed E-state index contributed by atoms with van der Waals surface area (Å²) in [7, 11) is 1.59. The molecule has 0 bridgehead atoms. The fourth-order valence-electron chi connectivity index (χ4n) is 4.01. The minimum absolute atomic E-state index is 0.116. The van der Waals surface area contributed by atoms with E-state index in [-0.39, 0.29) is 11.7 Å². The Morgan fingerprint density at radius 3 is 2.41 bits per heavy atom. The molecule has 0 aliphatic carbocycles. The Balaban J connectivity index is 1.77. The number of anilines is 3. The van der Waals surface area contributed by atoms with E-state index in [9.17, 15) is 9.90 Å². The number of aromatic hydroxyl groups is 1. The molecule has 1 heterocycles. The molecule has 5 heteroatoms. The van der Waals surface area contributed by atoms with Crippen molar-refractivity contribution in [1.82, 2.24) is 0 Å². The number of methoxy groups -OCH3 is 1. The highest BCUT2D eigenvalue weighted by molar-refractivity contribution is 6.14. The third-order valence-corrected chi connectivity index (χ3v) is 6.00. The van der Waals surface area contributed by atoms with Gasteiger partial charge in [-0.1, -0.05) is 41.0 Å². The van der Waals surface area contributed by atoms with Gasteiger partial charge in [-0.25, -0.2) is 0 Å². The number of benzene rings is 2. The van der Waals surface area contributed by atoms with Gasteiger partial charge in [0.1, 0.15) is 11.5 Å². The molecule has 34 heavy (non-hydrogen) atoms. The first kappa shape index (κ1) is 25.2. The molecule has 0 spiro atoms. The molecule has 2 aromatic carbocycles. The Bertz CT molecular complexity index is 1120. The first-order valence-electron chi connectivity index (χ1n) is 11.8.